The first kappa shape index (κ1) is 33.2. The Hall–Kier alpha value is -3.67. The molecule has 238 valence electrons. The summed E-state index contributed by atoms with van der Waals surface area (Å²) in [5, 5.41) is 16.2. The van der Waals surface area contributed by atoms with Gasteiger partial charge in [-0.25, -0.2) is 14.5 Å². The molecule has 44 heavy (non-hydrogen) atoms. The van der Waals surface area contributed by atoms with E-state index in [4.69, 9.17) is 10.7 Å². The molecule has 12 heteroatoms. The highest BCUT2D eigenvalue weighted by molar-refractivity contribution is 9.09. The van der Waals surface area contributed by atoms with E-state index in [2.05, 4.69) is 43.9 Å². The number of amides is 4. The minimum absolute atomic E-state index is 0.00981. The Morgan fingerprint density at radius 2 is 1.73 bits per heavy atom. The molecule has 1 fully saturated rings. The van der Waals surface area contributed by atoms with Gasteiger partial charge in [0.25, 0.3) is 5.91 Å². The van der Waals surface area contributed by atoms with Crippen LogP contribution in [0.15, 0.2) is 30.5 Å². The third-order valence-corrected chi connectivity index (χ3v) is 8.72. The van der Waals surface area contributed by atoms with Gasteiger partial charge >= 0.3 is 6.03 Å². The standard InChI is InChI=1S/C32H45BrN8O3/c1-3-27-25(20-35-31(43)22-11-13-23(14-12-22)37-28(42)10-8-6-5-7-9-17-33)29(26-21-36-41(4-2)30(26)39-27)38-24-15-18-40(19-16-24)32(34)44/h11-14,21,24H,3-10,15-20H2,1-2H3,(H2,34,44)(H,35,43)(H,37,42)(H,38,39). The van der Waals surface area contributed by atoms with Crippen molar-refractivity contribution in [2.24, 2.45) is 5.73 Å². The largest absolute Gasteiger partial charge is 0.381 e. The second-order valence-electron chi connectivity index (χ2n) is 11.2. The van der Waals surface area contributed by atoms with E-state index in [0.29, 0.717) is 50.3 Å². The number of primary amides is 1. The van der Waals surface area contributed by atoms with Crippen LogP contribution in [0.5, 0.6) is 0 Å². The number of rotatable bonds is 15. The number of likely N-dealkylation sites (tertiary alicyclic amines) is 1. The van der Waals surface area contributed by atoms with Crippen LogP contribution in [-0.2, 0) is 24.3 Å². The lowest BCUT2D eigenvalue weighted by Gasteiger charge is -2.32. The molecular formula is C32H45BrN8O3. The second-order valence-corrected chi connectivity index (χ2v) is 12.0. The number of hydrogen-bond donors (Lipinski definition) is 4. The number of fused-ring (bicyclic) bond motifs is 1. The van der Waals surface area contributed by atoms with Crippen LogP contribution in [0.2, 0.25) is 0 Å². The third kappa shape index (κ3) is 8.71. The summed E-state index contributed by atoms with van der Waals surface area (Å²) in [6.07, 6.45) is 9.96. The number of urea groups is 1. The van der Waals surface area contributed by atoms with Crippen LogP contribution in [0.25, 0.3) is 11.0 Å². The van der Waals surface area contributed by atoms with Crippen molar-refractivity contribution in [2.45, 2.75) is 90.8 Å². The number of anilines is 2. The van der Waals surface area contributed by atoms with Gasteiger partial charge in [0, 0.05) is 66.5 Å². The van der Waals surface area contributed by atoms with Gasteiger partial charge in [-0.05, 0) is 63.3 Å². The molecule has 0 aliphatic carbocycles. The second kappa shape index (κ2) is 16.4. The van der Waals surface area contributed by atoms with E-state index in [9.17, 15) is 14.4 Å². The molecule has 1 aromatic carbocycles. The number of carbonyl (C=O) groups excluding carboxylic acids is 3. The number of carbonyl (C=O) groups is 3. The maximum Gasteiger partial charge on any atom is 0.314 e. The van der Waals surface area contributed by atoms with Crippen molar-refractivity contribution in [3.05, 3.63) is 47.3 Å². The Morgan fingerprint density at radius 1 is 1.02 bits per heavy atom. The fourth-order valence-corrected chi connectivity index (χ4v) is 6.01. The molecule has 0 spiro atoms. The zero-order valence-corrected chi connectivity index (χ0v) is 27.4. The highest BCUT2D eigenvalue weighted by Crippen LogP contribution is 2.31. The fraction of sp³-hybridized carbons (Fsp3) is 0.531. The zero-order valence-electron chi connectivity index (χ0n) is 25.8. The molecule has 0 bridgehead atoms. The number of nitrogens with two attached hydrogens (primary N) is 1. The van der Waals surface area contributed by atoms with Crippen molar-refractivity contribution in [1.82, 2.24) is 25.0 Å². The summed E-state index contributed by atoms with van der Waals surface area (Å²) >= 11 is 3.44. The topological polar surface area (TPSA) is 147 Å². The first-order valence-corrected chi connectivity index (χ1v) is 16.9. The number of nitrogens with one attached hydrogen (secondary N) is 3. The molecule has 3 aromatic rings. The van der Waals surface area contributed by atoms with Crippen molar-refractivity contribution in [3.63, 3.8) is 0 Å². The molecule has 1 aliphatic heterocycles. The van der Waals surface area contributed by atoms with E-state index in [1.54, 1.807) is 29.2 Å². The van der Waals surface area contributed by atoms with E-state index < -0.39 is 6.03 Å². The molecule has 1 aliphatic rings. The molecule has 1 saturated heterocycles. The molecule has 0 unspecified atom stereocenters. The van der Waals surface area contributed by atoms with Gasteiger partial charge in [0.05, 0.1) is 17.3 Å². The van der Waals surface area contributed by atoms with Crippen LogP contribution in [0.3, 0.4) is 0 Å². The summed E-state index contributed by atoms with van der Waals surface area (Å²) in [7, 11) is 0. The summed E-state index contributed by atoms with van der Waals surface area (Å²) in [6, 6.07) is 6.73. The van der Waals surface area contributed by atoms with Gasteiger partial charge in [0.2, 0.25) is 5.91 Å². The smallest absolute Gasteiger partial charge is 0.314 e. The number of nitrogens with zero attached hydrogens (tertiary/aromatic N) is 4. The van der Waals surface area contributed by atoms with Gasteiger partial charge in [-0.3, -0.25) is 9.59 Å². The summed E-state index contributed by atoms with van der Waals surface area (Å²) in [4.78, 5) is 43.8. The summed E-state index contributed by atoms with van der Waals surface area (Å²) in [5.41, 5.74) is 10.2. The lowest BCUT2D eigenvalue weighted by Crippen LogP contribution is -2.44. The Balaban J connectivity index is 1.42. The van der Waals surface area contributed by atoms with Gasteiger partial charge in [-0.2, -0.15) is 5.10 Å². The predicted molar refractivity (Wildman–Crippen MR) is 178 cm³/mol. The highest BCUT2D eigenvalue weighted by atomic mass is 79.9. The van der Waals surface area contributed by atoms with Crippen molar-refractivity contribution in [2.75, 3.05) is 29.1 Å². The molecule has 4 rings (SSSR count). The predicted octanol–water partition coefficient (Wildman–Crippen LogP) is 5.57. The van der Waals surface area contributed by atoms with E-state index in [1.807, 2.05) is 17.8 Å². The van der Waals surface area contributed by atoms with Crippen molar-refractivity contribution < 1.29 is 14.4 Å². The number of alkyl halides is 1. The van der Waals surface area contributed by atoms with E-state index in [0.717, 1.165) is 65.4 Å². The average Bonchev–Trinajstić information content (AvgIpc) is 3.45. The summed E-state index contributed by atoms with van der Waals surface area (Å²) < 4.78 is 1.88. The minimum Gasteiger partial charge on any atom is -0.381 e. The first-order chi connectivity index (χ1) is 21.3. The fourth-order valence-electron chi connectivity index (χ4n) is 5.61. The van der Waals surface area contributed by atoms with Crippen molar-refractivity contribution in [3.8, 4) is 0 Å². The molecular weight excluding hydrogens is 624 g/mol. The Bertz CT molecular complexity index is 1420. The number of piperidine rings is 1. The molecule has 2 aromatic heterocycles. The first-order valence-electron chi connectivity index (χ1n) is 15.8. The third-order valence-electron chi connectivity index (χ3n) is 8.16. The van der Waals surface area contributed by atoms with Crippen LogP contribution >= 0.6 is 15.9 Å². The number of aryl methyl sites for hydroxylation is 2. The van der Waals surface area contributed by atoms with E-state index >= 15 is 0 Å². The monoisotopic (exact) mass is 668 g/mol. The SMILES string of the molecule is CCc1nc2c(cnn2CC)c(NC2CCN(C(N)=O)CC2)c1CNC(=O)c1ccc(NC(=O)CCCCCCCBr)cc1. The zero-order chi connectivity index (χ0) is 31.5. The molecule has 11 nitrogen and oxygen atoms in total. The molecule has 0 atom stereocenters. The minimum atomic E-state index is -0.391. The van der Waals surface area contributed by atoms with E-state index in [1.165, 1.54) is 12.8 Å². The molecule has 0 saturated carbocycles. The van der Waals surface area contributed by atoms with Gasteiger partial charge in [-0.15, -0.1) is 0 Å². The number of hydrogen-bond acceptors (Lipinski definition) is 6. The van der Waals surface area contributed by atoms with E-state index in [-0.39, 0.29) is 17.9 Å². The molecule has 0 radical (unpaired) electrons. The Kier molecular flexibility index (Phi) is 12.4. The van der Waals surface area contributed by atoms with Gasteiger partial charge in [0.15, 0.2) is 5.65 Å². The Morgan fingerprint density at radius 3 is 2.39 bits per heavy atom. The van der Waals surface area contributed by atoms with Gasteiger partial charge in [-0.1, -0.05) is 42.1 Å². The quantitative estimate of drug-likeness (QED) is 0.123. The maximum atomic E-state index is 13.2. The van der Waals surface area contributed by atoms with Crippen LogP contribution in [0, 0.1) is 0 Å². The molecule has 5 N–H and O–H groups in total. The number of halogens is 1. The normalized spacial score (nSPS) is 13.7. The van der Waals surface area contributed by atoms with Crippen LogP contribution in [0.1, 0.15) is 86.8 Å². The van der Waals surface area contributed by atoms with Crippen LogP contribution in [0.4, 0.5) is 16.2 Å². The number of pyridine rings is 1. The maximum absolute atomic E-state index is 13.2. The Labute approximate surface area is 267 Å². The summed E-state index contributed by atoms with van der Waals surface area (Å²) in [6.45, 7) is 6.26. The van der Waals surface area contributed by atoms with Crippen LogP contribution in [-0.4, -0.2) is 62.0 Å². The van der Waals surface area contributed by atoms with Crippen molar-refractivity contribution >= 4 is 56.2 Å². The van der Waals surface area contributed by atoms with Crippen LogP contribution < -0.4 is 21.7 Å². The van der Waals surface area contributed by atoms with Crippen molar-refractivity contribution in [1.29, 1.82) is 0 Å². The average molecular weight is 670 g/mol. The number of unbranched alkanes of at least 4 members (excludes halogenated alkanes) is 4. The number of aromatic nitrogens is 3. The van der Waals surface area contributed by atoms with Gasteiger partial charge in [0.1, 0.15) is 0 Å². The molecule has 3 heterocycles. The number of benzene rings is 1. The lowest BCUT2D eigenvalue weighted by molar-refractivity contribution is -0.116. The summed E-state index contributed by atoms with van der Waals surface area (Å²) in [5.74, 6) is -0.220. The lowest BCUT2D eigenvalue weighted by atomic mass is 10.0. The highest BCUT2D eigenvalue weighted by Gasteiger charge is 2.25. The molecule has 4 amide bonds. The van der Waals surface area contributed by atoms with Gasteiger partial charge < -0.3 is 26.6 Å².